The van der Waals surface area contributed by atoms with Gasteiger partial charge < -0.3 is 5.32 Å². The van der Waals surface area contributed by atoms with E-state index in [2.05, 4.69) is 46.3 Å². The van der Waals surface area contributed by atoms with Crippen molar-refractivity contribution in [3.05, 3.63) is 42.5 Å². The van der Waals surface area contributed by atoms with Crippen LogP contribution in [-0.2, 0) is 5.41 Å². The zero-order chi connectivity index (χ0) is 14.2. The summed E-state index contributed by atoms with van der Waals surface area (Å²) in [5.41, 5.74) is 1.94. The van der Waals surface area contributed by atoms with Gasteiger partial charge in [0, 0.05) is 22.7 Å². The van der Waals surface area contributed by atoms with Gasteiger partial charge in [0.1, 0.15) is 11.6 Å². The van der Waals surface area contributed by atoms with E-state index in [1.54, 1.807) is 12.4 Å². The first-order valence-corrected chi connectivity index (χ1v) is 6.56. The fraction of sp³-hybridized carbons (Fsp3) is 0.267. The van der Waals surface area contributed by atoms with E-state index >= 15 is 0 Å². The standard InChI is InChI=1S/C15H17N5/c1-15(2,3)14-16-7-6-13(19-14)18-11-4-5-12-10(8-11)9-17-20-12/h4-9H,1-3H3,(H,17,20)(H,16,18,19). The van der Waals surface area contributed by atoms with Crippen molar-refractivity contribution in [2.24, 2.45) is 0 Å². The lowest BCUT2D eigenvalue weighted by atomic mass is 9.96. The summed E-state index contributed by atoms with van der Waals surface area (Å²) in [6.45, 7) is 6.30. The fourth-order valence-corrected chi connectivity index (χ4v) is 1.96. The quantitative estimate of drug-likeness (QED) is 0.747. The van der Waals surface area contributed by atoms with Crippen LogP contribution in [0.4, 0.5) is 11.5 Å². The second kappa shape index (κ2) is 4.59. The summed E-state index contributed by atoms with van der Waals surface area (Å²) in [4.78, 5) is 8.89. The van der Waals surface area contributed by atoms with Crippen molar-refractivity contribution in [1.82, 2.24) is 20.2 Å². The Morgan fingerprint density at radius 2 is 2.00 bits per heavy atom. The van der Waals surface area contributed by atoms with Gasteiger partial charge in [-0.05, 0) is 24.3 Å². The molecular weight excluding hydrogens is 250 g/mol. The van der Waals surface area contributed by atoms with Crippen molar-refractivity contribution in [3.63, 3.8) is 0 Å². The molecule has 3 aromatic rings. The largest absolute Gasteiger partial charge is 0.340 e. The number of rotatable bonds is 2. The third-order valence-corrected chi connectivity index (χ3v) is 3.04. The van der Waals surface area contributed by atoms with Gasteiger partial charge in [-0.2, -0.15) is 5.10 Å². The third kappa shape index (κ3) is 2.47. The van der Waals surface area contributed by atoms with Crippen molar-refractivity contribution >= 4 is 22.4 Å². The van der Waals surface area contributed by atoms with E-state index in [9.17, 15) is 0 Å². The maximum Gasteiger partial charge on any atom is 0.135 e. The van der Waals surface area contributed by atoms with Crippen LogP contribution in [0.25, 0.3) is 10.9 Å². The van der Waals surface area contributed by atoms with Gasteiger partial charge in [-0.15, -0.1) is 0 Å². The van der Waals surface area contributed by atoms with Crippen LogP contribution in [0.15, 0.2) is 36.7 Å². The molecule has 0 unspecified atom stereocenters. The van der Waals surface area contributed by atoms with E-state index in [1.165, 1.54) is 0 Å². The van der Waals surface area contributed by atoms with Crippen LogP contribution >= 0.6 is 0 Å². The minimum Gasteiger partial charge on any atom is -0.340 e. The Balaban J connectivity index is 1.90. The molecule has 0 saturated heterocycles. The van der Waals surface area contributed by atoms with E-state index in [0.717, 1.165) is 28.2 Å². The zero-order valence-corrected chi connectivity index (χ0v) is 11.8. The van der Waals surface area contributed by atoms with Gasteiger partial charge in [0.15, 0.2) is 0 Å². The van der Waals surface area contributed by atoms with Crippen LogP contribution in [0.3, 0.4) is 0 Å². The van der Waals surface area contributed by atoms with Crippen molar-refractivity contribution < 1.29 is 0 Å². The Hall–Kier alpha value is -2.43. The van der Waals surface area contributed by atoms with Crippen molar-refractivity contribution in [1.29, 1.82) is 0 Å². The molecule has 0 radical (unpaired) electrons. The molecule has 2 heterocycles. The predicted molar refractivity (Wildman–Crippen MR) is 80.1 cm³/mol. The number of hydrogen-bond acceptors (Lipinski definition) is 4. The van der Waals surface area contributed by atoms with Gasteiger partial charge in [0.25, 0.3) is 0 Å². The number of nitrogens with one attached hydrogen (secondary N) is 2. The minimum atomic E-state index is -0.0633. The zero-order valence-electron chi connectivity index (χ0n) is 11.8. The molecule has 2 aromatic heterocycles. The molecule has 0 aliphatic carbocycles. The number of hydrogen-bond donors (Lipinski definition) is 2. The molecule has 0 saturated carbocycles. The Morgan fingerprint density at radius 1 is 1.15 bits per heavy atom. The fourth-order valence-electron chi connectivity index (χ4n) is 1.96. The molecule has 0 fully saturated rings. The molecule has 0 aliphatic rings. The van der Waals surface area contributed by atoms with Gasteiger partial charge >= 0.3 is 0 Å². The van der Waals surface area contributed by atoms with E-state index in [-0.39, 0.29) is 5.41 Å². The smallest absolute Gasteiger partial charge is 0.135 e. The molecule has 0 aliphatic heterocycles. The summed E-state index contributed by atoms with van der Waals surface area (Å²) < 4.78 is 0. The molecule has 0 atom stereocenters. The number of aromatic amines is 1. The Kier molecular flexibility index (Phi) is 2.89. The minimum absolute atomic E-state index is 0.0633. The molecule has 20 heavy (non-hydrogen) atoms. The summed E-state index contributed by atoms with van der Waals surface area (Å²) in [7, 11) is 0. The summed E-state index contributed by atoms with van der Waals surface area (Å²) >= 11 is 0. The molecule has 3 rings (SSSR count). The lowest BCUT2D eigenvalue weighted by Gasteiger charge is -2.17. The van der Waals surface area contributed by atoms with Gasteiger partial charge in [-0.3, -0.25) is 5.10 Å². The van der Waals surface area contributed by atoms with Crippen molar-refractivity contribution in [2.75, 3.05) is 5.32 Å². The molecule has 0 spiro atoms. The van der Waals surface area contributed by atoms with E-state index in [0.29, 0.717) is 0 Å². The predicted octanol–water partition coefficient (Wildman–Crippen LogP) is 3.39. The highest BCUT2D eigenvalue weighted by atomic mass is 15.1. The topological polar surface area (TPSA) is 66.5 Å². The molecule has 2 N–H and O–H groups in total. The first-order valence-electron chi connectivity index (χ1n) is 6.56. The highest BCUT2D eigenvalue weighted by Crippen LogP contribution is 2.22. The number of aromatic nitrogens is 4. The Bertz CT molecular complexity index is 739. The second-order valence-corrected chi connectivity index (χ2v) is 5.81. The SMILES string of the molecule is CC(C)(C)c1nccc(Nc2ccc3[nH]ncc3c2)n1. The van der Waals surface area contributed by atoms with Gasteiger partial charge in [-0.25, -0.2) is 9.97 Å². The third-order valence-electron chi connectivity index (χ3n) is 3.04. The molecule has 0 amide bonds. The van der Waals surface area contributed by atoms with E-state index in [1.807, 2.05) is 24.3 Å². The van der Waals surface area contributed by atoms with E-state index < -0.39 is 0 Å². The average molecular weight is 267 g/mol. The molecule has 102 valence electrons. The molecule has 5 nitrogen and oxygen atoms in total. The highest BCUT2D eigenvalue weighted by molar-refractivity contribution is 5.82. The van der Waals surface area contributed by atoms with Crippen LogP contribution in [-0.4, -0.2) is 20.2 Å². The summed E-state index contributed by atoms with van der Waals surface area (Å²) in [5.74, 6) is 1.62. The Labute approximate surface area is 117 Å². The number of anilines is 2. The second-order valence-electron chi connectivity index (χ2n) is 5.81. The molecule has 0 bridgehead atoms. The monoisotopic (exact) mass is 267 g/mol. The van der Waals surface area contributed by atoms with Crippen molar-refractivity contribution in [2.45, 2.75) is 26.2 Å². The summed E-state index contributed by atoms with van der Waals surface area (Å²) in [6.07, 6.45) is 3.59. The first-order chi connectivity index (χ1) is 9.52. The van der Waals surface area contributed by atoms with Gasteiger partial charge in [0.05, 0.1) is 11.7 Å². The summed E-state index contributed by atoms with van der Waals surface area (Å²) in [5, 5.41) is 11.3. The Morgan fingerprint density at radius 3 is 2.80 bits per heavy atom. The maximum absolute atomic E-state index is 4.56. The maximum atomic E-state index is 4.56. The molecule has 5 heteroatoms. The van der Waals surface area contributed by atoms with Crippen LogP contribution in [0.1, 0.15) is 26.6 Å². The number of nitrogens with zero attached hydrogens (tertiary/aromatic N) is 3. The number of H-pyrrole nitrogens is 1. The lowest BCUT2D eigenvalue weighted by Crippen LogP contribution is -2.16. The number of fused-ring (bicyclic) bond motifs is 1. The molecular formula is C15H17N5. The average Bonchev–Trinajstić information content (AvgIpc) is 2.85. The van der Waals surface area contributed by atoms with Crippen LogP contribution in [0, 0.1) is 0 Å². The van der Waals surface area contributed by atoms with Gasteiger partial charge in [-0.1, -0.05) is 20.8 Å². The first kappa shape index (κ1) is 12.6. The van der Waals surface area contributed by atoms with Crippen LogP contribution in [0.5, 0.6) is 0 Å². The molecule has 1 aromatic carbocycles. The van der Waals surface area contributed by atoms with Gasteiger partial charge in [0.2, 0.25) is 0 Å². The highest BCUT2D eigenvalue weighted by Gasteiger charge is 2.17. The lowest BCUT2D eigenvalue weighted by molar-refractivity contribution is 0.546. The van der Waals surface area contributed by atoms with Crippen LogP contribution < -0.4 is 5.32 Å². The van der Waals surface area contributed by atoms with Crippen LogP contribution in [0.2, 0.25) is 0 Å². The van der Waals surface area contributed by atoms with Crippen molar-refractivity contribution in [3.8, 4) is 0 Å². The van der Waals surface area contributed by atoms with E-state index in [4.69, 9.17) is 0 Å². The summed E-state index contributed by atoms with van der Waals surface area (Å²) in [6, 6.07) is 7.91. The normalized spacial score (nSPS) is 11.8. The number of benzene rings is 1.